The van der Waals surface area contributed by atoms with Crippen LogP contribution in [0.4, 0.5) is 0 Å². The summed E-state index contributed by atoms with van der Waals surface area (Å²) in [6.07, 6.45) is 3.78. The van der Waals surface area contributed by atoms with E-state index in [0.29, 0.717) is 12.8 Å². The molecular weight excluding hydrogens is 258 g/mol. The molecule has 18 heavy (non-hydrogen) atoms. The van der Waals surface area contributed by atoms with Gasteiger partial charge in [0, 0.05) is 13.2 Å². The standard InChI is InChI=1S/C11H21NO5S/c1-17-7-8-18(15,16)12-10-6-4-2-3-5-9(10)11(13)14/h9-10,12H,2-8H2,1H3,(H,13,14). The van der Waals surface area contributed by atoms with E-state index in [2.05, 4.69) is 4.72 Å². The van der Waals surface area contributed by atoms with E-state index in [1.807, 2.05) is 0 Å². The molecule has 0 aliphatic heterocycles. The minimum Gasteiger partial charge on any atom is -0.481 e. The lowest BCUT2D eigenvalue weighted by Gasteiger charge is -2.22. The average Bonchev–Trinajstić information content (AvgIpc) is 2.51. The van der Waals surface area contributed by atoms with E-state index in [1.54, 1.807) is 0 Å². The van der Waals surface area contributed by atoms with E-state index in [0.717, 1.165) is 19.3 Å². The molecule has 2 N–H and O–H groups in total. The van der Waals surface area contributed by atoms with Crippen molar-refractivity contribution < 1.29 is 23.1 Å². The van der Waals surface area contributed by atoms with E-state index in [4.69, 9.17) is 9.84 Å². The molecule has 0 heterocycles. The lowest BCUT2D eigenvalue weighted by Crippen LogP contribution is -2.44. The van der Waals surface area contributed by atoms with Gasteiger partial charge in [0.25, 0.3) is 0 Å². The summed E-state index contributed by atoms with van der Waals surface area (Å²) in [5, 5.41) is 9.15. The fourth-order valence-electron chi connectivity index (χ4n) is 2.23. The van der Waals surface area contributed by atoms with E-state index < -0.39 is 28.0 Å². The highest BCUT2D eigenvalue weighted by Gasteiger charge is 2.32. The van der Waals surface area contributed by atoms with Crippen LogP contribution in [-0.2, 0) is 19.6 Å². The second-order valence-corrected chi connectivity index (χ2v) is 6.49. The van der Waals surface area contributed by atoms with Gasteiger partial charge in [-0.1, -0.05) is 19.3 Å². The maximum absolute atomic E-state index is 11.8. The van der Waals surface area contributed by atoms with Crippen LogP contribution in [-0.4, -0.2) is 45.0 Å². The van der Waals surface area contributed by atoms with Gasteiger partial charge in [-0.15, -0.1) is 0 Å². The van der Waals surface area contributed by atoms with Crippen LogP contribution in [0.2, 0.25) is 0 Å². The molecule has 0 aromatic heterocycles. The highest BCUT2D eigenvalue weighted by Crippen LogP contribution is 2.24. The van der Waals surface area contributed by atoms with Crippen LogP contribution in [0.3, 0.4) is 0 Å². The second kappa shape index (κ2) is 7.06. The first-order valence-corrected chi connectivity index (χ1v) is 7.83. The molecule has 0 radical (unpaired) electrons. The van der Waals surface area contributed by atoms with Crippen LogP contribution in [0.1, 0.15) is 32.1 Å². The Balaban J connectivity index is 2.68. The van der Waals surface area contributed by atoms with Crippen LogP contribution in [0.5, 0.6) is 0 Å². The summed E-state index contributed by atoms with van der Waals surface area (Å²) in [4.78, 5) is 11.2. The number of carboxylic acid groups (broad SMARTS) is 1. The maximum Gasteiger partial charge on any atom is 0.308 e. The number of aliphatic carboxylic acids is 1. The molecule has 1 aliphatic carbocycles. The lowest BCUT2D eigenvalue weighted by atomic mass is 9.96. The molecule has 1 aliphatic rings. The summed E-state index contributed by atoms with van der Waals surface area (Å²) in [6, 6.07) is -0.494. The van der Waals surface area contributed by atoms with Gasteiger partial charge in [0.05, 0.1) is 18.3 Å². The number of hydrogen-bond donors (Lipinski definition) is 2. The first kappa shape index (κ1) is 15.4. The molecule has 0 aromatic rings. The number of hydrogen-bond acceptors (Lipinski definition) is 4. The molecule has 1 saturated carbocycles. The molecule has 1 fully saturated rings. The van der Waals surface area contributed by atoms with Gasteiger partial charge in [0.2, 0.25) is 10.0 Å². The number of carbonyl (C=O) groups is 1. The number of nitrogens with one attached hydrogen (secondary N) is 1. The first-order chi connectivity index (χ1) is 8.46. The van der Waals surface area contributed by atoms with Gasteiger partial charge in [-0.2, -0.15) is 0 Å². The van der Waals surface area contributed by atoms with E-state index in [-0.39, 0.29) is 12.4 Å². The number of ether oxygens (including phenoxy) is 1. The summed E-state index contributed by atoms with van der Waals surface area (Å²) in [6.45, 7) is 0.111. The number of rotatable bonds is 6. The number of carboxylic acids is 1. The minimum absolute atomic E-state index is 0.111. The fourth-order valence-corrected chi connectivity index (χ4v) is 3.47. The van der Waals surface area contributed by atoms with E-state index in [1.165, 1.54) is 7.11 Å². The molecule has 2 unspecified atom stereocenters. The molecule has 6 nitrogen and oxygen atoms in total. The lowest BCUT2D eigenvalue weighted by molar-refractivity contribution is -0.142. The summed E-state index contributed by atoms with van der Waals surface area (Å²) in [7, 11) is -2.03. The molecule has 2 atom stereocenters. The Morgan fingerprint density at radius 1 is 1.33 bits per heavy atom. The van der Waals surface area contributed by atoms with Crippen molar-refractivity contribution in [2.75, 3.05) is 19.5 Å². The number of methoxy groups -OCH3 is 1. The predicted molar refractivity (Wildman–Crippen MR) is 66.8 cm³/mol. The normalized spacial score (nSPS) is 25.6. The Bertz CT molecular complexity index is 368. The second-order valence-electron chi connectivity index (χ2n) is 4.62. The monoisotopic (exact) mass is 279 g/mol. The molecule has 7 heteroatoms. The average molecular weight is 279 g/mol. The molecular formula is C11H21NO5S. The Kier molecular flexibility index (Phi) is 6.04. The third-order valence-corrected chi connectivity index (χ3v) is 4.59. The maximum atomic E-state index is 11.8. The van der Waals surface area contributed by atoms with Gasteiger partial charge in [0.15, 0.2) is 0 Å². The molecule has 0 saturated heterocycles. The molecule has 1 rings (SSSR count). The van der Waals surface area contributed by atoms with Crippen LogP contribution >= 0.6 is 0 Å². The van der Waals surface area contributed by atoms with E-state index >= 15 is 0 Å². The van der Waals surface area contributed by atoms with Gasteiger partial charge in [-0.3, -0.25) is 4.79 Å². The third-order valence-electron chi connectivity index (χ3n) is 3.22. The van der Waals surface area contributed by atoms with Crippen LogP contribution < -0.4 is 4.72 Å². The van der Waals surface area contributed by atoms with Crippen molar-refractivity contribution in [3.63, 3.8) is 0 Å². The zero-order chi connectivity index (χ0) is 13.6. The fraction of sp³-hybridized carbons (Fsp3) is 0.909. The zero-order valence-corrected chi connectivity index (χ0v) is 11.4. The Morgan fingerprint density at radius 2 is 2.00 bits per heavy atom. The van der Waals surface area contributed by atoms with Gasteiger partial charge in [-0.25, -0.2) is 13.1 Å². The highest BCUT2D eigenvalue weighted by molar-refractivity contribution is 7.89. The summed E-state index contributed by atoms with van der Waals surface area (Å²) in [5.74, 6) is -1.67. The number of sulfonamides is 1. The van der Waals surface area contributed by atoms with Gasteiger partial charge >= 0.3 is 5.97 Å². The van der Waals surface area contributed by atoms with Crippen LogP contribution in [0.25, 0.3) is 0 Å². The van der Waals surface area contributed by atoms with E-state index in [9.17, 15) is 13.2 Å². The van der Waals surface area contributed by atoms with Crippen molar-refractivity contribution >= 4 is 16.0 Å². The first-order valence-electron chi connectivity index (χ1n) is 6.18. The summed E-state index contributed by atoms with van der Waals surface area (Å²) >= 11 is 0. The van der Waals surface area contributed by atoms with Gasteiger partial charge < -0.3 is 9.84 Å². The van der Waals surface area contributed by atoms with Crippen molar-refractivity contribution in [2.45, 2.75) is 38.1 Å². The summed E-state index contributed by atoms with van der Waals surface area (Å²) in [5.41, 5.74) is 0. The Morgan fingerprint density at radius 3 is 2.61 bits per heavy atom. The molecule has 0 amide bonds. The van der Waals surface area contributed by atoms with Gasteiger partial charge in [0.1, 0.15) is 0 Å². The molecule has 0 spiro atoms. The molecule has 0 bridgehead atoms. The topological polar surface area (TPSA) is 92.7 Å². The molecule has 106 valence electrons. The smallest absolute Gasteiger partial charge is 0.308 e. The highest BCUT2D eigenvalue weighted by atomic mass is 32.2. The largest absolute Gasteiger partial charge is 0.481 e. The zero-order valence-electron chi connectivity index (χ0n) is 10.6. The van der Waals surface area contributed by atoms with Crippen molar-refractivity contribution in [2.24, 2.45) is 5.92 Å². The van der Waals surface area contributed by atoms with Crippen molar-refractivity contribution in [3.05, 3.63) is 0 Å². The Hall–Kier alpha value is -0.660. The van der Waals surface area contributed by atoms with Crippen LogP contribution in [0, 0.1) is 5.92 Å². The quantitative estimate of drug-likeness (QED) is 0.694. The van der Waals surface area contributed by atoms with Crippen LogP contribution in [0.15, 0.2) is 0 Å². The van der Waals surface area contributed by atoms with Crippen molar-refractivity contribution in [3.8, 4) is 0 Å². The van der Waals surface area contributed by atoms with Crippen molar-refractivity contribution in [1.82, 2.24) is 4.72 Å². The molecule has 0 aromatic carbocycles. The third kappa shape index (κ3) is 4.91. The summed E-state index contributed by atoms with van der Waals surface area (Å²) < 4.78 is 30.8. The minimum atomic E-state index is -3.46. The SMILES string of the molecule is COCCS(=O)(=O)NC1CCCCCC1C(=O)O. The van der Waals surface area contributed by atoms with Crippen molar-refractivity contribution in [1.29, 1.82) is 0 Å². The predicted octanol–water partition coefficient (Wildman–Crippen LogP) is 0.586. The Labute approximate surface area is 108 Å². The van der Waals surface area contributed by atoms with Gasteiger partial charge in [-0.05, 0) is 12.8 Å².